The minimum absolute atomic E-state index is 0.376. The first-order chi connectivity index (χ1) is 10.2. The van der Waals surface area contributed by atoms with Crippen molar-refractivity contribution >= 4 is 5.97 Å². The summed E-state index contributed by atoms with van der Waals surface area (Å²) in [5, 5.41) is 0. The Hall–Kier alpha value is -1.59. The van der Waals surface area contributed by atoms with Crippen LogP contribution in [0.15, 0.2) is 24.3 Å². The predicted molar refractivity (Wildman–Crippen MR) is 88.0 cm³/mol. The van der Waals surface area contributed by atoms with Gasteiger partial charge in [0.05, 0.1) is 0 Å². The average molecular weight is 308 g/mol. The Morgan fingerprint density at radius 3 is 2.32 bits per heavy atom. The van der Waals surface area contributed by atoms with E-state index in [1.807, 2.05) is 59.1 Å². The van der Waals surface area contributed by atoms with Gasteiger partial charge in [-0.2, -0.15) is 0 Å². The molecule has 124 valence electrons. The SMILES string of the molecule is CN(C)CCOc1ccc(C[C@H](N)C(=O)OC(C)(C)C)cc1. The molecule has 0 amide bonds. The largest absolute Gasteiger partial charge is 0.492 e. The number of esters is 1. The highest BCUT2D eigenvalue weighted by molar-refractivity contribution is 5.76. The molecular weight excluding hydrogens is 280 g/mol. The van der Waals surface area contributed by atoms with Crippen molar-refractivity contribution < 1.29 is 14.3 Å². The van der Waals surface area contributed by atoms with Crippen LogP contribution in [0, 0.1) is 0 Å². The van der Waals surface area contributed by atoms with Crippen molar-refractivity contribution in [3.05, 3.63) is 29.8 Å². The molecule has 5 nitrogen and oxygen atoms in total. The Morgan fingerprint density at radius 2 is 1.82 bits per heavy atom. The summed E-state index contributed by atoms with van der Waals surface area (Å²) in [5.41, 5.74) is 6.37. The third kappa shape index (κ3) is 7.43. The summed E-state index contributed by atoms with van der Waals surface area (Å²) in [6.07, 6.45) is 0.451. The molecule has 0 spiro atoms. The second-order valence-electron chi connectivity index (χ2n) is 6.64. The van der Waals surface area contributed by atoms with Gasteiger partial charge in [-0.15, -0.1) is 0 Å². The molecule has 0 aliphatic heterocycles. The van der Waals surface area contributed by atoms with E-state index in [0.29, 0.717) is 13.0 Å². The lowest BCUT2D eigenvalue weighted by Crippen LogP contribution is -2.38. The number of hydrogen-bond donors (Lipinski definition) is 1. The summed E-state index contributed by atoms with van der Waals surface area (Å²) in [5.74, 6) is 0.440. The fourth-order valence-corrected chi connectivity index (χ4v) is 1.78. The zero-order chi connectivity index (χ0) is 16.8. The third-order valence-corrected chi connectivity index (χ3v) is 2.90. The first-order valence-electron chi connectivity index (χ1n) is 7.52. The van der Waals surface area contributed by atoms with Crippen molar-refractivity contribution in [2.75, 3.05) is 27.2 Å². The smallest absolute Gasteiger partial charge is 0.323 e. The van der Waals surface area contributed by atoms with Crippen molar-refractivity contribution in [2.24, 2.45) is 5.73 Å². The molecule has 0 aromatic heterocycles. The number of nitrogens with zero attached hydrogens (tertiary/aromatic N) is 1. The Labute approximate surface area is 133 Å². The summed E-state index contributed by atoms with van der Waals surface area (Å²) in [6.45, 7) is 7.00. The van der Waals surface area contributed by atoms with E-state index in [-0.39, 0.29) is 5.97 Å². The summed E-state index contributed by atoms with van der Waals surface area (Å²) in [7, 11) is 4.01. The zero-order valence-corrected chi connectivity index (χ0v) is 14.3. The summed E-state index contributed by atoms with van der Waals surface area (Å²) in [6, 6.07) is 6.99. The monoisotopic (exact) mass is 308 g/mol. The van der Waals surface area contributed by atoms with E-state index in [1.165, 1.54) is 0 Å². The molecule has 1 rings (SSSR count). The van der Waals surface area contributed by atoms with Crippen LogP contribution in [-0.4, -0.2) is 49.8 Å². The Morgan fingerprint density at radius 1 is 1.23 bits per heavy atom. The number of rotatable bonds is 7. The Bertz CT molecular complexity index is 464. The van der Waals surface area contributed by atoms with E-state index in [9.17, 15) is 4.79 Å². The highest BCUT2D eigenvalue weighted by atomic mass is 16.6. The van der Waals surface area contributed by atoms with Crippen LogP contribution in [0.5, 0.6) is 5.75 Å². The second kappa shape index (κ2) is 8.15. The minimum Gasteiger partial charge on any atom is -0.492 e. The lowest BCUT2D eigenvalue weighted by atomic mass is 10.1. The molecule has 0 saturated heterocycles. The van der Waals surface area contributed by atoms with Gasteiger partial charge in [-0.05, 0) is 59.0 Å². The van der Waals surface area contributed by atoms with E-state index < -0.39 is 11.6 Å². The Kier molecular flexibility index (Phi) is 6.84. The molecule has 0 heterocycles. The maximum Gasteiger partial charge on any atom is 0.323 e. The normalized spacial score (nSPS) is 13.0. The molecule has 0 unspecified atom stereocenters. The highest BCUT2D eigenvalue weighted by Crippen LogP contribution is 2.14. The molecule has 0 fully saturated rings. The van der Waals surface area contributed by atoms with Crippen molar-refractivity contribution in [3.8, 4) is 5.75 Å². The van der Waals surface area contributed by atoms with Crippen molar-refractivity contribution in [1.29, 1.82) is 0 Å². The first kappa shape index (κ1) is 18.5. The van der Waals surface area contributed by atoms with Crippen LogP contribution in [0.1, 0.15) is 26.3 Å². The van der Waals surface area contributed by atoms with E-state index in [0.717, 1.165) is 17.9 Å². The number of likely N-dealkylation sites (N-methyl/N-ethyl adjacent to an activating group) is 1. The minimum atomic E-state index is -0.653. The molecule has 22 heavy (non-hydrogen) atoms. The highest BCUT2D eigenvalue weighted by Gasteiger charge is 2.22. The van der Waals surface area contributed by atoms with Gasteiger partial charge >= 0.3 is 5.97 Å². The second-order valence-corrected chi connectivity index (χ2v) is 6.64. The van der Waals surface area contributed by atoms with Crippen LogP contribution in [0.2, 0.25) is 0 Å². The van der Waals surface area contributed by atoms with Gasteiger partial charge in [-0.1, -0.05) is 12.1 Å². The first-order valence-corrected chi connectivity index (χ1v) is 7.52. The van der Waals surface area contributed by atoms with Crippen molar-refractivity contribution in [1.82, 2.24) is 4.90 Å². The molecule has 1 atom stereocenters. The number of ether oxygens (including phenoxy) is 2. The number of benzene rings is 1. The summed E-state index contributed by atoms with van der Waals surface area (Å²) < 4.78 is 10.9. The molecule has 5 heteroatoms. The van der Waals surface area contributed by atoms with Gasteiger partial charge < -0.3 is 20.1 Å². The van der Waals surface area contributed by atoms with Crippen LogP contribution in [-0.2, 0) is 16.0 Å². The average Bonchev–Trinajstić information content (AvgIpc) is 2.38. The van der Waals surface area contributed by atoms with Gasteiger partial charge in [-0.3, -0.25) is 4.79 Å². The quantitative estimate of drug-likeness (QED) is 0.779. The van der Waals surface area contributed by atoms with Gasteiger partial charge in [0.1, 0.15) is 24.0 Å². The predicted octanol–water partition coefficient (Wildman–Crippen LogP) is 1.84. The zero-order valence-electron chi connectivity index (χ0n) is 14.3. The van der Waals surface area contributed by atoms with Gasteiger partial charge in [-0.25, -0.2) is 0 Å². The number of carbonyl (C=O) groups is 1. The van der Waals surface area contributed by atoms with Gasteiger partial charge in [0.2, 0.25) is 0 Å². The molecule has 0 saturated carbocycles. The molecule has 2 N–H and O–H groups in total. The fraction of sp³-hybridized carbons (Fsp3) is 0.588. The molecule has 1 aromatic carbocycles. The van der Waals surface area contributed by atoms with Gasteiger partial charge in [0.15, 0.2) is 0 Å². The standard InChI is InChI=1S/C17H28N2O3/c1-17(2,3)22-16(20)15(18)12-13-6-8-14(9-7-13)21-11-10-19(4)5/h6-9,15H,10-12,18H2,1-5H3/t15-/m0/s1. The lowest BCUT2D eigenvalue weighted by molar-refractivity contribution is -0.156. The van der Waals surface area contributed by atoms with Crippen molar-refractivity contribution in [3.63, 3.8) is 0 Å². The van der Waals surface area contributed by atoms with E-state index >= 15 is 0 Å². The third-order valence-electron chi connectivity index (χ3n) is 2.90. The summed E-state index contributed by atoms with van der Waals surface area (Å²) >= 11 is 0. The maximum atomic E-state index is 11.9. The molecule has 0 bridgehead atoms. The van der Waals surface area contributed by atoms with E-state index in [2.05, 4.69) is 4.90 Å². The van der Waals surface area contributed by atoms with E-state index in [4.69, 9.17) is 15.2 Å². The topological polar surface area (TPSA) is 64.8 Å². The Balaban J connectivity index is 2.48. The number of nitrogens with two attached hydrogens (primary N) is 1. The van der Waals surface area contributed by atoms with Gasteiger partial charge in [0, 0.05) is 6.54 Å². The lowest BCUT2D eigenvalue weighted by Gasteiger charge is -2.22. The number of carbonyl (C=O) groups excluding carboxylic acids is 1. The number of hydrogen-bond acceptors (Lipinski definition) is 5. The van der Waals surface area contributed by atoms with Crippen molar-refractivity contribution in [2.45, 2.75) is 38.8 Å². The van der Waals surface area contributed by atoms with Crippen LogP contribution in [0.4, 0.5) is 0 Å². The van der Waals surface area contributed by atoms with Gasteiger partial charge in [0.25, 0.3) is 0 Å². The molecule has 0 radical (unpaired) electrons. The van der Waals surface area contributed by atoms with Crippen LogP contribution >= 0.6 is 0 Å². The maximum absolute atomic E-state index is 11.9. The van der Waals surface area contributed by atoms with Crippen LogP contribution in [0.3, 0.4) is 0 Å². The molecule has 1 aromatic rings. The van der Waals surface area contributed by atoms with Crippen LogP contribution < -0.4 is 10.5 Å². The fourth-order valence-electron chi connectivity index (χ4n) is 1.78. The molecule has 0 aliphatic carbocycles. The van der Waals surface area contributed by atoms with Crippen LogP contribution in [0.25, 0.3) is 0 Å². The summed E-state index contributed by atoms with van der Waals surface area (Å²) in [4.78, 5) is 13.9. The van der Waals surface area contributed by atoms with E-state index in [1.54, 1.807) is 0 Å². The molecular formula is C17H28N2O3. The molecule has 0 aliphatic rings.